The van der Waals surface area contributed by atoms with Gasteiger partial charge in [0, 0.05) is 28.6 Å². The van der Waals surface area contributed by atoms with E-state index >= 15 is 0 Å². The fourth-order valence-electron chi connectivity index (χ4n) is 4.18. The molecule has 0 radical (unpaired) electrons. The first-order valence-corrected chi connectivity index (χ1v) is 13.3. The lowest BCUT2D eigenvalue weighted by molar-refractivity contribution is -0.131. The van der Waals surface area contributed by atoms with E-state index in [0.717, 1.165) is 40.0 Å². The smallest absolute Gasteiger partial charge is 0.382 e. The number of rotatable bonds is 8. The molecule has 2 N–H and O–H groups in total. The molecule has 0 bridgehead atoms. The predicted molar refractivity (Wildman–Crippen MR) is 143 cm³/mol. The number of halogens is 3. The van der Waals surface area contributed by atoms with Crippen molar-refractivity contribution >= 4 is 29.0 Å². The lowest BCUT2D eigenvalue weighted by Crippen LogP contribution is -2.26. The Morgan fingerprint density at radius 2 is 1.89 bits per heavy atom. The maximum atomic E-state index is 12.8. The molecular weight excluding hydrogens is 511 g/mol. The van der Waals surface area contributed by atoms with Crippen molar-refractivity contribution in [3.8, 4) is 11.3 Å². The zero-order valence-corrected chi connectivity index (χ0v) is 22.1. The summed E-state index contributed by atoms with van der Waals surface area (Å²) in [5.41, 5.74) is 6.08. The first-order valence-electron chi connectivity index (χ1n) is 12.4. The summed E-state index contributed by atoms with van der Waals surface area (Å²) >= 11 is 1.45. The number of amides is 1. The van der Waals surface area contributed by atoms with Gasteiger partial charge in [-0.25, -0.2) is 9.50 Å². The van der Waals surface area contributed by atoms with Gasteiger partial charge in [0.05, 0.1) is 24.0 Å². The zero-order chi connectivity index (χ0) is 27.0. The van der Waals surface area contributed by atoms with Crippen molar-refractivity contribution in [1.82, 2.24) is 19.9 Å². The summed E-state index contributed by atoms with van der Waals surface area (Å²) in [6, 6.07) is 13.6. The minimum Gasteiger partial charge on any atom is -0.382 e. The highest BCUT2D eigenvalue weighted by Crippen LogP contribution is 2.34. The van der Waals surface area contributed by atoms with Gasteiger partial charge < -0.3 is 10.6 Å². The lowest BCUT2D eigenvalue weighted by Gasteiger charge is -2.13. The summed E-state index contributed by atoms with van der Waals surface area (Å²) in [5.74, 6) is -0.0869. The third-order valence-corrected chi connectivity index (χ3v) is 7.69. The average molecular weight is 540 g/mol. The maximum Gasteiger partial charge on any atom is 0.390 e. The van der Waals surface area contributed by atoms with Gasteiger partial charge in [0.1, 0.15) is 5.03 Å². The highest BCUT2D eigenvalue weighted by Gasteiger charge is 2.27. The molecule has 5 rings (SSSR count). The van der Waals surface area contributed by atoms with Crippen molar-refractivity contribution < 1.29 is 18.0 Å². The Balaban J connectivity index is 1.53. The van der Waals surface area contributed by atoms with E-state index in [2.05, 4.69) is 15.6 Å². The molecule has 1 saturated carbocycles. The number of nitrogens with zero attached hydrogens (tertiary/aromatic N) is 3. The molecule has 2 aromatic heterocycles. The third-order valence-electron chi connectivity index (χ3n) is 6.62. The van der Waals surface area contributed by atoms with Crippen LogP contribution in [-0.4, -0.2) is 39.3 Å². The topological polar surface area (TPSA) is 71.3 Å². The molecule has 1 amide bonds. The van der Waals surface area contributed by atoms with E-state index in [1.54, 1.807) is 22.8 Å². The van der Waals surface area contributed by atoms with Crippen LogP contribution in [0.25, 0.3) is 16.9 Å². The minimum absolute atomic E-state index is 0.0869. The number of hydrogen-bond acceptors (Lipinski definition) is 5. The van der Waals surface area contributed by atoms with E-state index in [1.807, 2.05) is 51.1 Å². The van der Waals surface area contributed by atoms with Gasteiger partial charge in [-0.3, -0.25) is 4.79 Å². The number of imidazole rings is 1. The summed E-state index contributed by atoms with van der Waals surface area (Å²) in [6.45, 7) is 5.67. The Morgan fingerprint density at radius 3 is 2.61 bits per heavy atom. The summed E-state index contributed by atoms with van der Waals surface area (Å²) in [7, 11) is 0. The first kappa shape index (κ1) is 26.1. The van der Waals surface area contributed by atoms with Crippen LogP contribution < -0.4 is 10.6 Å². The largest absolute Gasteiger partial charge is 0.390 e. The van der Waals surface area contributed by atoms with Crippen LogP contribution in [0, 0.1) is 20.8 Å². The predicted octanol–water partition coefficient (Wildman–Crippen LogP) is 6.73. The van der Waals surface area contributed by atoms with E-state index in [1.165, 1.54) is 11.8 Å². The monoisotopic (exact) mass is 539 g/mol. The molecule has 0 saturated heterocycles. The third kappa shape index (κ3) is 5.80. The molecule has 2 aromatic carbocycles. The Kier molecular flexibility index (Phi) is 7.09. The number of nitrogens with one attached hydrogen (secondary N) is 2. The highest BCUT2D eigenvalue weighted by molar-refractivity contribution is 7.99. The van der Waals surface area contributed by atoms with Crippen LogP contribution in [0.4, 0.5) is 18.9 Å². The Bertz CT molecular complexity index is 1510. The summed E-state index contributed by atoms with van der Waals surface area (Å²) < 4.78 is 40.2. The van der Waals surface area contributed by atoms with E-state index in [4.69, 9.17) is 5.10 Å². The zero-order valence-electron chi connectivity index (χ0n) is 21.3. The van der Waals surface area contributed by atoms with Crippen molar-refractivity contribution in [3.63, 3.8) is 0 Å². The molecule has 1 fully saturated rings. The molecule has 0 aliphatic heterocycles. The second kappa shape index (κ2) is 10.3. The first-order chi connectivity index (χ1) is 18.1. The molecular formula is C28H28F3N5OS. The van der Waals surface area contributed by atoms with Crippen molar-refractivity contribution in [2.45, 2.75) is 62.2 Å². The molecule has 0 atom stereocenters. The number of benzene rings is 2. The molecule has 10 heteroatoms. The van der Waals surface area contributed by atoms with Gasteiger partial charge in [0.15, 0.2) is 5.65 Å². The second-order valence-electron chi connectivity index (χ2n) is 9.64. The van der Waals surface area contributed by atoms with Gasteiger partial charge in [-0.2, -0.15) is 18.3 Å². The van der Waals surface area contributed by atoms with Crippen LogP contribution in [0.3, 0.4) is 0 Å². The SMILES string of the molecule is Cc1cc(-c2cnc3c(NCCC(F)(F)F)cc(Sc4cccc(C)c4C)nn23)ccc1C(=O)NC1CC1. The number of anilines is 1. The second-order valence-corrected chi connectivity index (χ2v) is 10.7. The minimum atomic E-state index is -4.27. The number of aryl methyl sites for hydroxylation is 2. The number of aromatic nitrogens is 3. The van der Waals surface area contributed by atoms with E-state index in [-0.39, 0.29) is 18.5 Å². The highest BCUT2D eigenvalue weighted by atomic mass is 32.2. The molecule has 198 valence electrons. The quantitative estimate of drug-likeness (QED) is 0.260. The fourth-order valence-corrected chi connectivity index (χ4v) is 5.16. The Hall–Kier alpha value is -3.53. The average Bonchev–Trinajstić information content (AvgIpc) is 3.56. The molecule has 2 heterocycles. The van der Waals surface area contributed by atoms with Gasteiger partial charge in [-0.05, 0) is 74.6 Å². The summed E-state index contributed by atoms with van der Waals surface area (Å²) in [6.07, 6.45) is -1.55. The number of fused-ring (bicyclic) bond motifs is 1. The van der Waals surface area contributed by atoms with E-state index in [0.29, 0.717) is 27.6 Å². The van der Waals surface area contributed by atoms with Crippen molar-refractivity contribution in [3.05, 3.63) is 70.9 Å². The van der Waals surface area contributed by atoms with Gasteiger partial charge in [0.2, 0.25) is 0 Å². The molecule has 1 aliphatic carbocycles. The molecule has 4 aromatic rings. The maximum absolute atomic E-state index is 12.8. The molecule has 0 spiro atoms. The lowest BCUT2D eigenvalue weighted by atomic mass is 10.0. The van der Waals surface area contributed by atoms with Gasteiger partial charge >= 0.3 is 6.18 Å². The molecule has 38 heavy (non-hydrogen) atoms. The molecule has 1 aliphatic rings. The standard InChI is InChI=1S/C28H28F3N5OS/c1-16-5-4-6-24(18(16)3)38-25-14-22(32-12-11-28(29,30)31)26-33-15-23(36(26)35-25)19-7-10-21(17(2)13-19)27(37)34-20-8-9-20/h4-7,10,13-15,20,32H,8-9,11-12H2,1-3H3,(H,34,37). The van der Waals surface area contributed by atoms with Crippen LogP contribution in [0.15, 0.2) is 58.6 Å². The Labute approximate surface area is 223 Å². The van der Waals surface area contributed by atoms with Crippen LogP contribution in [0.1, 0.15) is 46.3 Å². The van der Waals surface area contributed by atoms with Crippen LogP contribution in [0.5, 0.6) is 0 Å². The summed E-state index contributed by atoms with van der Waals surface area (Å²) in [4.78, 5) is 18.1. The number of carbonyl (C=O) groups excluding carboxylic acids is 1. The van der Waals surface area contributed by atoms with E-state index < -0.39 is 12.6 Å². The van der Waals surface area contributed by atoms with Crippen molar-refractivity contribution in [1.29, 1.82) is 0 Å². The van der Waals surface area contributed by atoms with Crippen molar-refractivity contribution in [2.24, 2.45) is 0 Å². The number of alkyl halides is 3. The molecule has 0 unspecified atom stereocenters. The van der Waals surface area contributed by atoms with Crippen LogP contribution in [-0.2, 0) is 0 Å². The fraction of sp³-hybridized carbons (Fsp3) is 0.321. The molecule has 6 nitrogen and oxygen atoms in total. The summed E-state index contributed by atoms with van der Waals surface area (Å²) in [5, 5.41) is 11.4. The Morgan fingerprint density at radius 1 is 1.11 bits per heavy atom. The van der Waals surface area contributed by atoms with Gasteiger partial charge in [0.25, 0.3) is 5.91 Å². The van der Waals surface area contributed by atoms with E-state index in [9.17, 15) is 18.0 Å². The van der Waals surface area contributed by atoms with Gasteiger partial charge in [-0.1, -0.05) is 30.0 Å². The van der Waals surface area contributed by atoms with Crippen LogP contribution >= 0.6 is 11.8 Å². The number of hydrogen-bond donors (Lipinski definition) is 2. The normalized spacial score (nSPS) is 13.6. The van der Waals surface area contributed by atoms with Crippen LogP contribution in [0.2, 0.25) is 0 Å². The number of carbonyl (C=O) groups is 1. The van der Waals surface area contributed by atoms with Gasteiger partial charge in [-0.15, -0.1) is 0 Å². The van der Waals surface area contributed by atoms with Crippen molar-refractivity contribution in [2.75, 3.05) is 11.9 Å².